The lowest BCUT2D eigenvalue weighted by Gasteiger charge is -2.34. The summed E-state index contributed by atoms with van der Waals surface area (Å²) < 4.78 is 0. The van der Waals surface area contributed by atoms with E-state index in [0.29, 0.717) is 11.9 Å². The Morgan fingerprint density at radius 1 is 0.913 bits per heavy atom. The normalized spacial score (nSPS) is 32.5. The summed E-state index contributed by atoms with van der Waals surface area (Å²) in [5, 5.41) is 0. The van der Waals surface area contributed by atoms with E-state index in [2.05, 4.69) is 9.80 Å². The van der Waals surface area contributed by atoms with Crippen molar-refractivity contribution in [2.24, 2.45) is 5.92 Å². The van der Waals surface area contributed by atoms with Crippen molar-refractivity contribution in [2.45, 2.75) is 50.6 Å². The zero-order chi connectivity index (χ0) is 15.8. The molecule has 4 aliphatic rings. The van der Waals surface area contributed by atoms with Crippen LogP contribution in [-0.4, -0.2) is 76.4 Å². The van der Waals surface area contributed by atoms with E-state index in [1.807, 2.05) is 4.90 Å². The van der Waals surface area contributed by atoms with Crippen LogP contribution in [-0.2, 0) is 9.59 Å². The Hall–Kier alpha value is -0.750. The maximum atomic E-state index is 13.1. The molecular formula is C17H27N3O2S. The number of rotatable bonds is 2. The van der Waals surface area contributed by atoms with Crippen LogP contribution in [0.15, 0.2) is 0 Å². The Morgan fingerprint density at radius 3 is 2.52 bits per heavy atom. The van der Waals surface area contributed by atoms with Crippen molar-refractivity contribution in [2.75, 3.05) is 37.8 Å². The Labute approximate surface area is 142 Å². The average molecular weight is 337 g/mol. The van der Waals surface area contributed by atoms with Gasteiger partial charge in [-0.2, -0.15) is 0 Å². The van der Waals surface area contributed by atoms with E-state index in [-0.39, 0.29) is 23.8 Å². The molecule has 0 N–H and O–H groups in total. The second-order valence-corrected chi connectivity index (χ2v) is 8.42. The van der Waals surface area contributed by atoms with E-state index in [0.717, 1.165) is 44.6 Å². The molecule has 128 valence electrons. The molecule has 6 heteroatoms. The molecule has 0 bridgehead atoms. The second-order valence-electron chi connectivity index (χ2n) is 7.42. The van der Waals surface area contributed by atoms with Crippen LogP contribution in [0.5, 0.6) is 0 Å². The summed E-state index contributed by atoms with van der Waals surface area (Å²) in [6.07, 6.45) is 6.74. The zero-order valence-electron chi connectivity index (χ0n) is 13.8. The molecule has 3 saturated heterocycles. The first kappa shape index (κ1) is 15.8. The summed E-state index contributed by atoms with van der Waals surface area (Å²) in [4.78, 5) is 32.2. The highest BCUT2D eigenvalue weighted by molar-refractivity contribution is 7.99. The third-order valence-electron chi connectivity index (χ3n) is 6.02. The van der Waals surface area contributed by atoms with Gasteiger partial charge < -0.3 is 9.80 Å². The minimum atomic E-state index is -0.207. The number of nitrogens with zero attached hydrogens (tertiary/aromatic N) is 3. The summed E-state index contributed by atoms with van der Waals surface area (Å²) in [7, 11) is 0. The maximum absolute atomic E-state index is 13.1. The minimum absolute atomic E-state index is 0.193. The molecule has 0 spiro atoms. The Balaban J connectivity index is 1.43. The fourth-order valence-corrected chi connectivity index (χ4v) is 5.53. The maximum Gasteiger partial charge on any atom is 0.246 e. The molecule has 0 unspecified atom stereocenters. The van der Waals surface area contributed by atoms with Crippen molar-refractivity contribution < 1.29 is 9.59 Å². The van der Waals surface area contributed by atoms with Crippen LogP contribution in [0.1, 0.15) is 38.5 Å². The molecule has 23 heavy (non-hydrogen) atoms. The van der Waals surface area contributed by atoms with Crippen LogP contribution >= 0.6 is 11.8 Å². The Bertz CT molecular complexity index is 482. The smallest absolute Gasteiger partial charge is 0.246 e. The molecule has 0 aromatic rings. The van der Waals surface area contributed by atoms with Gasteiger partial charge >= 0.3 is 0 Å². The van der Waals surface area contributed by atoms with Gasteiger partial charge in [0.05, 0.1) is 5.88 Å². The van der Waals surface area contributed by atoms with Crippen molar-refractivity contribution in [3.8, 4) is 0 Å². The van der Waals surface area contributed by atoms with Crippen molar-refractivity contribution in [1.29, 1.82) is 0 Å². The van der Waals surface area contributed by atoms with Crippen molar-refractivity contribution in [1.82, 2.24) is 14.7 Å². The zero-order valence-corrected chi connectivity index (χ0v) is 14.6. The average Bonchev–Trinajstić information content (AvgIpc) is 3.10. The highest BCUT2D eigenvalue weighted by atomic mass is 32.2. The van der Waals surface area contributed by atoms with Crippen molar-refractivity contribution in [3.05, 3.63) is 0 Å². The van der Waals surface area contributed by atoms with E-state index in [9.17, 15) is 9.59 Å². The van der Waals surface area contributed by atoms with E-state index in [4.69, 9.17) is 0 Å². The molecule has 0 aromatic heterocycles. The fourth-order valence-electron chi connectivity index (χ4n) is 4.37. The first-order chi connectivity index (χ1) is 11.2. The number of hydrogen-bond acceptors (Lipinski definition) is 4. The van der Waals surface area contributed by atoms with E-state index in [1.165, 1.54) is 25.8 Å². The van der Waals surface area contributed by atoms with Gasteiger partial charge in [-0.25, -0.2) is 0 Å². The van der Waals surface area contributed by atoms with Gasteiger partial charge in [-0.3, -0.25) is 14.5 Å². The largest absolute Gasteiger partial charge is 0.339 e. The van der Waals surface area contributed by atoms with Gasteiger partial charge in [0, 0.05) is 37.3 Å². The van der Waals surface area contributed by atoms with Gasteiger partial charge in [-0.15, -0.1) is 11.8 Å². The lowest BCUT2D eigenvalue weighted by Crippen LogP contribution is -2.52. The van der Waals surface area contributed by atoms with Gasteiger partial charge in [0.1, 0.15) is 6.04 Å². The molecule has 3 heterocycles. The SMILES string of the molecule is O=C([C@@H]1CSCN1C(=O)C1CCC1)N1CCCN2CCC[C@@H]2C1. The number of amides is 2. The molecule has 1 aliphatic carbocycles. The Morgan fingerprint density at radius 2 is 1.74 bits per heavy atom. The quantitative estimate of drug-likeness (QED) is 0.764. The van der Waals surface area contributed by atoms with E-state index >= 15 is 0 Å². The van der Waals surface area contributed by atoms with E-state index < -0.39 is 0 Å². The number of hydrogen-bond donors (Lipinski definition) is 0. The van der Waals surface area contributed by atoms with Crippen molar-refractivity contribution in [3.63, 3.8) is 0 Å². The van der Waals surface area contributed by atoms with E-state index in [1.54, 1.807) is 11.8 Å². The summed E-state index contributed by atoms with van der Waals surface area (Å²) in [6, 6.07) is 0.340. The minimum Gasteiger partial charge on any atom is -0.339 e. The summed E-state index contributed by atoms with van der Waals surface area (Å²) in [6.45, 7) is 4.04. The van der Waals surface area contributed by atoms with Gasteiger partial charge in [-0.1, -0.05) is 6.42 Å². The lowest BCUT2D eigenvalue weighted by atomic mass is 9.84. The molecule has 5 nitrogen and oxygen atoms in total. The molecule has 0 aromatic carbocycles. The van der Waals surface area contributed by atoms with Gasteiger partial charge in [0.15, 0.2) is 0 Å². The summed E-state index contributed by atoms with van der Waals surface area (Å²) in [5.41, 5.74) is 0. The van der Waals surface area contributed by atoms with Gasteiger partial charge in [0.25, 0.3) is 0 Å². The molecule has 1 saturated carbocycles. The highest BCUT2D eigenvalue weighted by Crippen LogP contribution is 2.33. The van der Waals surface area contributed by atoms with Gasteiger partial charge in [0.2, 0.25) is 11.8 Å². The van der Waals surface area contributed by atoms with Gasteiger partial charge in [-0.05, 0) is 38.6 Å². The topological polar surface area (TPSA) is 43.9 Å². The van der Waals surface area contributed by atoms with Crippen LogP contribution in [0.3, 0.4) is 0 Å². The summed E-state index contributed by atoms with van der Waals surface area (Å²) in [5.74, 6) is 2.11. The predicted molar refractivity (Wildman–Crippen MR) is 91.1 cm³/mol. The number of fused-ring (bicyclic) bond motifs is 1. The third kappa shape index (κ3) is 3.00. The third-order valence-corrected chi connectivity index (χ3v) is 7.03. The molecule has 4 rings (SSSR count). The van der Waals surface area contributed by atoms with Crippen LogP contribution in [0.4, 0.5) is 0 Å². The van der Waals surface area contributed by atoms with Crippen molar-refractivity contribution >= 4 is 23.6 Å². The van der Waals surface area contributed by atoms with Crippen LogP contribution in [0, 0.1) is 5.92 Å². The number of carbonyl (C=O) groups excluding carboxylic acids is 2. The molecule has 2 amide bonds. The number of carbonyl (C=O) groups is 2. The molecule has 4 fully saturated rings. The van der Waals surface area contributed by atoms with Crippen LogP contribution < -0.4 is 0 Å². The second kappa shape index (κ2) is 6.63. The highest BCUT2D eigenvalue weighted by Gasteiger charge is 2.41. The summed E-state index contributed by atoms with van der Waals surface area (Å²) >= 11 is 1.73. The fraction of sp³-hybridized carbons (Fsp3) is 0.882. The molecule has 3 aliphatic heterocycles. The lowest BCUT2D eigenvalue weighted by molar-refractivity contribution is -0.147. The number of thioether (sulfide) groups is 1. The monoisotopic (exact) mass is 337 g/mol. The van der Waals surface area contributed by atoms with Crippen LogP contribution in [0.2, 0.25) is 0 Å². The molecular weight excluding hydrogens is 310 g/mol. The predicted octanol–water partition coefficient (Wildman–Crippen LogP) is 1.38. The standard InChI is InChI=1S/C17H27N3O2S/c21-16(13-4-1-5-13)20-12-23-11-15(20)17(22)19-9-3-8-18-7-2-6-14(18)10-19/h13-15H,1-12H2/t14-,15+/m1/s1. The molecule has 2 atom stereocenters. The van der Waals surface area contributed by atoms with Crippen LogP contribution in [0.25, 0.3) is 0 Å². The molecule has 0 radical (unpaired) electrons. The first-order valence-electron chi connectivity index (χ1n) is 9.15. The Kier molecular flexibility index (Phi) is 4.54. The first-order valence-corrected chi connectivity index (χ1v) is 10.3.